The lowest BCUT2D eigenvalue weighted by Gasteiger charge is -2.40. The summed E-state index contributed by atoms with van der Waals surface area (Å²) in [6.45, 7) is 6.16. The van der Waals surface area contributed by atoms with E-state index in [1.807, 2.05) is 12.1 Å². The highest BCUT2D eigenvalue weighted by atomic mass is 19.1. The van der Waals surface area contributed by atoms with Crippen LogP contribution in [0.15, 0.2) is 42.5 Å². The summed E-state index contributed by atoms with van der Waals surface area (Å²) in [6, 6.07) is 11.4. The third-order valence-corrected chi connectivity index (χ3v) is 7.37. The van der Waals surface area contributed by atoms with Crippen molar-refractivity contribution in [2.75, 3.05) is 13.1 Å². The van der Waals surface area contributed by atoms with Gasteiger partial charge in [0.1, 0.15) is 11.6 Å². The number of amides is 2. The van der Waals surface area contributed by atoms with Crippen LogP contribution >= 0.6 is 0 Å². The van der Waals surface area contributed by atoms with Crippen molar-refractivity contribution in [1.29, 1.82) is 0 Å². The first-order chi connectivity index (χ1) is 16.5. The van der Waals surface area contributed by atoms with Crippen LogP contribution < -0.4 is 16.0 Å². The molecule has 1 saturated carbocycles. The maximum absolute atomic E-state index is 13.8. The molecule has 2 aliphatic rings. The van der Waals surface area contributed by atoms with Crippen LogP contribution in [0, 0.1) is 11.6 Å². The third-order valence-electron chi connectivity index (χ3n) is 7.37. The summed E-state index contributed by atoms with van der Waals surface area (Å²) >= 11 is 0. The first kappa shape index (κ1) is 25.3. The van der Waals surface area contributed by atoms with Crippen LogP contribution in [0.3, 0.4) is 0 Å². The predicted molar refractivity (Wildman–Crippen MR) is 129 cm³/mol. The number of piperidine rings is 1. The summed E-state index contributed by atoms with van der Waals surface area (Å²) in [7, 11) is 0. The number of carbonyl (C=O) groups excluding carboxylic acids is 2. The molecule has 2 fully saturated rings. The lowest BCUT2D eigenvalue weighted by molar-refractivity contribution is -0.124. The fraction of sp³-hybridized carbons (Fsp3) is 0.481. The SMILES string of the molecule is CC(=O)NC1(C(O)CNC2(c3cccc(C(C)C)c3)CCNC(=O)C2)C[C@H]1c1cc(F)cc(F)c1. The molecule has 6 nitrogen and oxygen atoms in total. The molecule has 35 heavy (non-hydrogen) atoms. The summed E-state index contributed by atoms with van der Waals surface area (Å²) in [5.41, 5.74) is 0.795. The van der Waals surface area contributed by atoms with Crippen molar-refractivity contribution in [3.05, 3.63) is 70.8 Å². The Hall–Kier alpha value is -2.84. The Morgan fingerprint density at radius 2 is 1.91 bits per heavy atom. The number of nitrogens with one attached hydrogen (secondary N) is 3. The van der Waals surface area contributed by atoms with Gasteiger partial charge in [0.05, 0.1) is 17.2 Å². The molecule has 0 bridgehead atoms. The topological polar surface area (TPSA) is 90.5 Å². The smallest absolute Gasteiger partial charge is 0.222 e. The zero-order chi connectivity index (χ0) is 25.4. The molecule has 1 aliphatic heterocycles. The van der Waals surface area contributed by atoms with Crippen molar-refractivity contribution in [2.45, 2.75) is 69.1 Å². The molecule has 1 heterocycles. The Bertz CT molecular complexity index is 1100. The van der Waals surface area contributed by atoms with Gasteiger partial charge in [0.15, 0.2) is 0 Å². The second-order valence-electron chi connectivity index (χ2n) is 10.2. The fourth-order valence-electron chi connectivity index (χ4n) is 5.40. The summed E-state index contributed by atoms with van der Waals surface area (Å²) in [4.78, 5) is 24.4. The first-order valence-corrected chi connectivity index (χ1v) is 12.1. The summed E-state index contributed by atoms with van der Waals surface area (Å²) in [6.07, 6.45) is 0.165. The number of hydrogen-bond acceptors (Lipinski definition) is 4. The lowest BCUT2D eigenvalue weighted by atomic mass is 9.79. The molecular formula is C27H33F2N3O3. The van der Waals surface area contributed by atoms with Crippen LogP contribution in [0.2, 0.25) is 0 Å². The summed E-state index contributed by atoms with van der Waals surface area (Å²) in [5.74, 6) is -1.92. The van der Waals surface area contributed by atoms with Gasteiger partial charge in [0, 0.05) is 38.4 Å². The van der Waals surface area contributed by atoms with Crippen LogP contribution in [0.25, 0.3) is 0 Å². The minimum atomic E-state index is -1.04. The quantitative estimate of drug-likeness (QED) is 0.462. The van der Waals surface area contributed by atoms with Gasteiger partial charge in [-0.05, 0) is 47.6 Å². The van der Waals surface area contributed by atoms with E-state index in [9.17, 15) is 23.5 Å². The lowest BCUT2D eigenvalue weighted by Crippen LogP contribution is -2.57. The van der Waals surface area contributed by atoms with Crippen molar-refractivity contribution in [3.8, 4) is 0 Å². The average Bonchev–Trinajstić information content (AvgIpc) is 3.51. The van der Waals surface area contributed by atoms with E-state index < -0.39 is 34.7 Å². The molecule has 2 amide bonds. The van der Waals surface area contributed by atoms with Crippen molar-refractivity contribution in [2.24, 2.45) is 0 Å². The van der Waals surface area contributed by atoms with Gasteiger partial charge in [-0.1, -0.05) is 38.1 Å². The molecule has 4 N–H and O–H groups in total. The maximum atomic E-state index is 13.8. The molecule has 8 heteroatoms. The van der Waals surface area contributed by atoms with Gasteiger partial charge in [-0.15, -0.1) is 0 Å². The van der Waals surface area contributed by atoms with Gasteiger partial charge in [-0.3, -0.25) is 9.59 Å². The standard InChI is InChI=1S/C27H33F2N3O3/c1-16(2)18-5-4-6-20(9-18)26(7-8-30-25(35)14-26)31-15-24(34)27(32-17(3)33)13-23(27)19-10-21(28)12-22(29)11-19/h4-6,9-12,16,23-24,31,34H,7-8,13-15H2,1-3H3,(H,30,35)(H,32,33)/t23-,24?,26?,27?/m0/s1. The fourth-order valence-corrected chi connectivity index (χ4v) is 5.40. The van der Waals surface area contributed by atoms with Gasteiger partial charge in [-0.25, -0.2) is 8.78 Å². The van der Waals surface area contributed by atoms with Gasteiger partial charge in [0.25, 0.3) is 0 Å². The molecule has 1 aliphatic carbocycles. The highest BCUT2D eigenvalue weighted by Crippen LogP contribution is 2.54. The molecule has 2 aromatic carbocycles. The van der Waals surface area contributed by atoms with Crippen LogP contribution in [0.5, 0.6) is 0 Å². The summed E-state index contributed by atoms with van der Waals surface area (Å²) < 4.78 is 27.7. The highest BCUT2D eigenvalue weighted by molar-refractivity contribution is 5.78. The number of rotatable bonds is 8. The third kappa shape index (κ3) is 5.23. The van der Waals surface area contributed by atoms with Gasteiger partial charge in [0.2, 0.25) is 11.8 Å². The van der Waals surface area contributed by atoms with Gasteiger partial charge < -0.3 is 21.1 Å². The number of carbonyl (C=O) groups is 2. The van der Waals surface area contributed by atoms with E-state index in [1.165, 1.54) is 19.1 Å². The highest BCUT2D eigenvalue weighted by Gasteiger charge is 2.60. The van der Waals surface area contributed by atoms with Gasteiger partial charge >= 0.3 is 0 Å². The molecule has 4 rings (SSSR count). The van der Waals surface area contributed by atoms with Crippen molar-refractivity contribution in [1.82, 2.24) is 16.0 Å². The van der Waals surface area contributed by atoms with E-state index in [0.717, 1.165) is 17.2 Å². The van der Waals surface area contributed by atoms with Crippen molar-refractivity contribution >= 4 is 11.8 Å². The number of aliphatic hydroxyl groups excluding tert-OH is 1. The van der Waals surface area contributed by atoms with Crippen LogP contribution in [-0.4, -0.2) is 41.7 Å². The van der Waals surface area contributed by atoms with E-state index in [4.69, 9.17) is 0 Å². The van der Waals surface area contributed by atoms with E-state index >= 15 is 0 Å². The van der Waals surface area contributed by atoms with Crippen LogP contribution in [0.1, 0.15) is 68.6 Å². The number of benzene rings is 2. The molecular weight excluding hydrogens is 452 g/mol. The molecule has 188 valence electrons. The zero-order valence-electron chi connectivity index (χ0n) is 20.3. The van der Waals surface area contributed by atoms with Crippen molar-refractivity contribution in [3.63, 3.8) is 0 Å². The number of halogens is 2. The van der Waals surface area contributed by atoms with Crippen molar-refractivity contribution < 1.29 is 23.5 Å². The zero-order valence-corrected chi connectivity index (χ0v) is 20.3. The van der Waals surface area contributed by atoms with Crippen LogP contribution in [-0.2, 0) is 15.1 Å². The second kappa shape index (κ2) is 9.66. The van der Waals surface area contributed by atoms with E-state index in [-0.39, 0.29) is 24.8 Å². The molecule has 3 unspecified atom stereocenters. The Kier molecular flexibility index (Phi) is 6.97. The average molecular weight is 486 g/mol. The monoisotopic (exact) mass is 485 g/mol. The Morgan fingerprint density at radius 3 is 2.54 bits per heavy atom. The molecule has 4 atom stereocenters. The minimum Gasteiger partial charge on any atom is -0.389 e. The van der Waals surface area contributed by atoms with Crippen LogP contribution in [0.4, 0.5) is 8.78 Å². The van der Waals surface area contributed by atoms with E-state index in [1.54, 1.807) is 0 Å². The van der Waals surface area contributed by atoms with E-state index in [0.29, 0.717) is 30.9 Å². The normalized spacial score (nSPS) is 26.8. The van der Waals surface area contributed by atoms with Gasteiger partial charge in [-0.2, -0.15) is 0 Å². The number of hydrogen-bond donors (Lipinski definition) is 4. The van der Waals surface area contributed by atoms with E-state index in [2.05, 4.69) is 41.9 Å². The number of aliphatic hydroxyl groups is 1. The maximum Gasteiger partial charge on any atom is 0.222 e. The summed E-state index contributed by atoms with van der Waals surface area (Å²) in [5, 5.41) is 20.5. The molecule has 0 spiro atoms. The second-order valence-corrected chi connectivity index (χ2v) is 10.2. The Balaban J connectivity index is 1.59. The Morgan fingerprint density at radius 1 is 1.20 bits per heavy atom. The largest absolute Gasteiger partial charge is 0.389 e. The molecule has 2 aromatic rings. The Labute approximate surface area is 204 Å². The molecule has 1 saturated heterocycles. The first-order valence-electron chi connectivity index (χ1n) is 12.1. The minimum absolute atomic E-state index is 0.0794. The predicted octanol–water partition coefficient (Wildman–Crippen LogP) is 3.21. The molecule has 0 aromatic heterocycles. The molecule has 0 radical (unpaired) electrons.